The van der Waals surface area contributed by atoms with Gasteiger partial charge >= 0.3 is 0 Å². The van der Waals surface area contributed by atoms with Gasteiger partial charge in [-0.3, -0.25) is 4.79 Å². The summed E-state index contributed by atoms with van der Waals surface area (Å²) in [6.07, 6.45) is 3.87. The Kier molecular flexibility index (Phi) is 8.34. The molecule has 37 heavy (non-hydrogen) atoms. The Bertz CT molecular complexity index is 1490. The SMILES string of the molecule is O=C(Nc1ccc(S(=O)(=O)Nc2ncccn2)cc1)C1CCCN(S(=O)(=O)Cc2ccc(Cl)cc2Cl)C1. The number of carbonyl (C=O) groups is 1. The first-order valence-corrected chi connectivity index (χ1v) is 15.0. The molecular formula is C23H23Cl2N5O5S2. The minimum Gasteiger partial charge on any atom is -0.326 e. The summed E-state index contributed by atoms with van der Waals surface area (Å²) in [5, 5.41) is 3.41. The molecule has 196 valence electrons. The van der Waals surface area contributed by atoms with Crippen LogP contribution in [0.1, 0.15) is 18.4 Å². The van der Waals surface area contributed by atoms with Crippen molar-refractivity contribution in [1.29, 1.82) is 0 Å². The first-order chi connectivity index (χ1) is 17.5. The fraction of sp³-hybridized carbons (Fsp3) is 0.261. The van der Waals surface area contributed by atoms with Gasteiger partial charge in [0, 0.05) is 41.2 Å². The predicted molar refractivity (Wildman–Crippen MR) is 141 cm³/mol. The molecule has 10 nitrogen and oxygen atoms in total. The maximum Gasteiger partial charge on any atom is 0.264 e. The Morgan fingerprint density at radius 3 is 2.41 bits per heavy atom. The number of carbonyl (C=O) groups excluding carboxylic acids is 1. The number of benzene rings is 2. The van der Waals surface area contributed by atoms with Crippen molar-refractivity contribution in [2.75, 3.05) is 23.1 Å². The molecule has 0 radical (unpaired) electrons. The third-order valence-corrected chi connectivity index (χ3v) is 9.45. The van der Waals surface area contributed by atoms with E-state index in [0.717, 1.165) is 0 Å². The van der Waals surface area contributed by atoms with E-state index in [9.17, 15) is 21.6 Å². The van der Waals surface area contributed by atoms with Gasteiger partial charge in [0.05, 0.1) is 16.6 Å². The Balaban J connectivity index is 1.38. The summed E-state index contributed by atoms with van der Waals surface area (Å²) in [6, 6.07) is 11.8. The Labute approximate surface area is 225 Å². The fourth-order valence-corrected chi connectivity index (χ4v) is 6.98. The standard InChI is InChI=1S/C23H23Cl2N5O5S2/c24-18-5-4-17(21(25)13-18)15-36(32,33)30-12-1-3-16(14-30)22(31)28-19-6-8-20(9-7-19)37(34,35)29-23-26-10-2-11-27-23/h2,4-11,13,16H,1,3,12,14-15H2,(H,28,31)(H,26,27,29). The Morgan fingerprint density at radius 1 is 1.03 bits per heavy atom. The minimum absolute atomic E-state index is 0.0336. The molecule has 0 saturated carbocycles. The van der Waals surface area contributed by atoms with E-state index in [-0.39, 0.29) is 34.1 Å². The maximum atomic E-state index is 13.0. The number of rotatable bonds is 8. The largest absolute Gasteiger partial charge is 0.326 e. The molecule has 1 aliphatic rings. The summed E-state index contributed by atoms with van der Waals surface area (Å²) >= 11 is 12.0. The lowest BCUT2D eigenvalue weighted by atomic mass is 9.99. The van der Waals surface area contributed by atoms with Gasteiger partial charge in [-0.2, -0.15) is 0 Å². The van der Waals surface area contributed by atoms with Gasteiger partial charge in [0.15, 0.2) is 0 Å². The zero-order chi connectivity index (χ0) is 26.6. The maximum absolute atomic E-state index is 13.0. The van der Waals surface area contributed by atoms with Gasteiger partial charge in [-0.05, 0) is 60.9 Å². The van der Waals surface area contributed by atoms with Crippen molar-refractivity contribution in [3.05, 3.63) is 76.5 Å². The zero-order valence-electron chi connectivity index (χ0n) is 19.3. The van der Waals surface area contributed by atoms with Crippen LogP contribution in [0.25, 0.3) is 0 Å². The van der Waals surface area contributed by atoms with Gasteiger partial charge in [0.2, 0.25) is 21.9 Å². The van der Waals surface area contributed by atoms with Gasteiger partial charge in [-0.15, -0.1) is 0 Å². The molecule has 14 heteroatoms. The number of nitrogens with one attached hydrogen (secondary N) is 2. The lowest BCUT2D eigenvalue weighted by Gasteiger charge is -2.31. The van der Waals surface area contributed by atoms with Crippen molar-refractivity contribution in [2.45, 2.75) is 23.5 Å². The molecule has 0 aliphatic carbocycles. The van der Waals surface area contributed by atoms with Crippen LogP contribution in [0.4, 0.5) is 11.6 Å². The molecule has 1 saturated heterocycles. The molecule has 1 atom stereocenters. The summed E-state index contributed by atoms with van der Waals surface area (Å²) in [5.41, 5.74) is 0.814. The second-order valence-electron chi connectivity index (χ2n) is 8.38. The molecule has 1 unspecified atom stereocenters. The molecule has 0 bridgehead atoms. The zero-order valence-corrected chi connectivity index (χ0v) is 22.5. The average Bonchev–Trinajstić information content (AvgIpc) is 2.86. The van der Waals surface area contributed by atoms with Crippen molar-refractivity contribution in [1.82, 2.24) is 14.3 Å². The van der Waals surface area contributed by atoms with Crippen LogP contribution in [-0.4, -0.2) is 50.1 Å². The van der Waals surface area contributed by atoms with E-state index >= 15 is 0 Å². The summed E-state index contributed by atoms with van der Waals surface area (Å²) < 4.78 is 54.7. The van der Waals surface area contributed by atoms with Crippen molar-refractivity contribution >= 4 is 60.8 Å². The van der Waals surface area contributed by atoms with E-state index in [1.165, 1.54) is 47.0 Å². The van der Waals surface area contributed by atoms with E-state index in [1.807, 2.05) is 0 Å². The van der Waals surface area contributed by atoms with Crippen LogP contribution < -0.4 is 10.0 Å². The van der Waals surface area contributed by atoms with Gasteiger partial charge in [0.1, 0.15) is 0 Å². The molecule has 2 aromatic carbocycles. The molecule has 0 spiro atoms. The first-order valence-electron chi connectivity index (χ1n) is 11.2. The van der Waals surface area contributed by atoms with Crippen molar-refractivity contribution in [2.24, 2.45) is 5.92 Å². The Hall–Kier alpha value is -2.77. The Morgan fingerprint density at radius 2 is 1.73 bits per heavy atom. The highest BCUT2D eigenvalue weighted by atomic mass is 35.5. The van der Waals surface area contributed by atoms with Gasteiger partial charge in [-0.1, -0.05) is 29.3 Å². The van der Waals surface area contributed by atoms with Crippen LogP contribution in [0, 0.1) is 5.92 Å². The third-order valence-electron chi connectivity index (χ3n) is 5.72. The minimum atomic E-state index is -3.91. The predicted octanol–water partition coefficient (Wildman–Crippen LogP) is 3.76. The van der Waals surface area contributed by atoms with Crippen LogP contribution in [0.5, 0.6) is 0 Å². The van der Waals surface area contributed by atoms with E-state index in [1.54, 1.807) is 18.2 Å². The number of aromatic nitrogens is 2. The quantitative estimate of drug-likeness (QED) is 0.411. The van der Waals surface area contributed by atoms with Crippen molar-refractivity contribution in [3.8, 4) is 0 Å². The molecule has 1 amide bonds. The van der Waals surface area contributed by atoms with E-state index in [0.29, 0.717) is 35.7 Å². The first kappa shape index (κ1) is 27.3. The number of amides is 1. The number of hydrogen-bond donors (Lipinski definition) is 2. The van der Waals surface area contributed by atoms with Crippen LogP contribution in [-0.2, 0) is 30.6 Å². The molecule has 3 aromatic rings. The number of anilines is 2. The molecule has 1 aromatic heterocycles. The average molecular weight is 585 g/mol. The molecule has 1 aliphatic heterocycles. The number of sulfonamides is 2. The summed E-state index contributed by atoms with van der Waals surface area (Å²) in [6.45, 7) is 0.342. The van der Waals surface area contributed by atoms with Gasteiger partial charge in [-0.25, -0.2) is 35.8 Å². The number of hydrogen-bond acceptors (Lipinski definition) is 7. The topological polar surface area (TPSA) is 138 Å². The number of halogens is 2. The monoisotopic (exact) mass is 583 g/mol. The van der Waals surface area contributed by atoms with Crippen LogP contribution >= 0.6 is 23.2 Å². The van der Waals surface area contributed by atoms with Crippen LogP contribution in [0.2, 0.25) is 10.0 Å². The van der Waals surface area contributed by atoms with Crippen molar-refractivity contribution in [3.63, 3.8) is 0 Å². The highest BCUT2D eigenvalue weighted by Crippen LogP contribution is 2.27. The van der Waals surface area contributed by atoms with Gasteiger partial charge < -0.3 is 5.32 Å². The molecule has 4 rings (SSSR count). The normalized spacial score (nSPS) is 16.8. The van der Waals surface area contributed by atoms with Gasteiger partial charge in [0.25, 0.3) is 10.0 Å². The second-order valence-corrected chi connectivity index (χ2v) is 12.9. The van der Waals surface area contributed by atoms with E-state index < -0.39 is 26.0 Å². The van der Waals surface area contributed by atoms with E-state index in [2.05, 4.69) is 20.0 Å². The highest BCUT2D eigenvalue weighted by molar-refractivity contribution is 7.92. The summed E-state index contributed by atoms with van der Waals surface area (Å²) in [7, 11) is -7.63. The smallest absolute Gasteiger partial charge is 0.264 e. The van der Waals surface area contributed by atoms with Crippen LogP contribution in [0.15, 0.2) is 65.8 Å². The lowest BCUT2D eigenvalue weighted by Crippen LogP contribution is -2.44. The lowest BCUT2D eigenvalue weighted by molar-refractivity contribution is -0.120. The fourth-order valence-electron chi connectivity index (χ4n) is 3.83. The number of nitrogens with zero attached hydrogens (tertiary/aromatic N) is 3. The summed E-state index contributed by atoms with van der Waals surface area (Å²) in [5.74, 6) is -1.27. The summed E-state index contributed by atoms with van der Waals surface area (Å²) in [4.78, 5) is 20.5. The van der Waals surface area contributed by atoms with Crippen LogP contribution in [0.3, 0.4) is 0 Å². The number of piperidine rings is 1. The van der Waals surface area contributed by atoms with E-state index in [4.69, 9.17) is 23.2 Å². The molecule has 2 heterocycles. The van der Waals surface area contributed by atoms with Crippen molar-refractivity contribution < 1.29 is 21.6 Å². The molecule has 2 N–H and O–H groups in total. The molecular weight excluding hydrogens is 561 g/mol. The second kappa shape index (κ2) is 11.3. The highest BCUT2D eigenvalue weighted by Gasteiger charge is 2.33. The third kappa shape index (κ3) is 6.96. The molecule has 1 fully saturated rings.